The molecule has 2 heterocycles. The SMILES string of the molecule is CCCCCCCCCCCCCCCC[n+]1ccn(C)c1C.CC[n+]1ccn(C)c1. The molecule has 0 aliphatic carbocycles. The first-order valence-corrected chi connectivity index (χ1v) is 13.1. The van der Waals surface area contributed by atoms with E-state index >= 15 is 0 Å². The van der Waals surface area contributed by atoms with Crippen molar-refractivity contribution in [3.8, 4) is 0 Å². The summed E-state index contributed by atoms with van der Waals surface area (Å²) in [6, 6.07) is 0. The summed E-state index contributed by atoms with van der Waals surface area (Å²) in [6.45, 7) is 8.86. The molecule has 0 aromatic carbocycles. The first-order chi connectivity index (χ1) is 15.1. The van der Waals surface area contributed by atoms with Gasteiger partial charge in [0.2, 0.25) is 6.33 Å². The van der Waals surface area contributed by atoms with Crippen LogP contribution in [0.25, 0.3) is 0 Å². The van der Waals surface area contributed by atoms with Crippen LogP contribution in [0.5, 0.6) is 0 Å². The molecular formula is C27H52N4+2. The van der Waals surface area contributed by atoms with Crippen LogP contribution in [-0.4, -0.2) is 9.13 Å². The average molecular weight is 433 g/mol. The maximum absolute atomic E-state index is 2.38. The van der Waals surface area contributed by atoms with Crippen LogP contribution in [0.4, 0.5) is 0 Å². The van der Waals surface area contributed by atoms with Gasteiger partial charge >= 0.3 is 0 Å². The van der Waals surface area contributed by atoms with E-state index in [2.05, 4.69) is 66.4 Å². The topological polar surface area (TPSA) is 17.6 Å². The zero-order chi connectivity index (χ0) is 22.7. The van der Waals surface area contributed by atoms with Crippen LogP contribution in [0.1, 0.15) is 110 Å². The van der Waals surface area contributed by atoms with Crippen molar-refractivity contribution in [3.05, 3.63) is 36.9 Å². The van der Waals surface area contributed by atoms with Gasteiger partial charge in [0.15, 0.2) is 0 Å². The van der Waals surface area contributed by atoms with E-state index in [1.54, 1.807) is 0 Å². The first kappa shape index (κ1) is 27.5. The fourth-order valence-electron chi connectivity index (χ4n) is 4.00. The van der Waals surface area contributed by atoms with E-state index in [4.69, 9.17) is 0 Å². The molecule has 2 rings (SSSR count). The van der Waals surface area contributed by atoms with Crippen molar-refractivity contribution in [3.63, 3.8) is 0 Å². The molecule has 0 N–H and O–H groups in total. The maximum atomic E-state index is 2.38. The van der Waals surface area contributed by atoms with Crippen LogP contribution in [0.3, 0.4) is 0 Å². The molecule has 4 heteroatoms. The summed E-state index contributed by atoms with van der Waals surface area (Å²) < 4.78 is 8.73. The van der Waals surface area contributed by atoms with Crippen molar-refractivity contribution < 1.29 is 9.13 Å². The van der Waals surface area contributed by atoms with Gasteiger partial charge in [0, 0.05) is 6.92 Å². The second-order valence-electron chi connectivity index (χ2n) is 9.16. The Kier molecular flexibility index (Phi) is 16.0. The number of hydrogen-bond acceptors (Lipinski definition) is 0. The molecule has 178 valence electrons. The summed E-state index contributed by atoms with van der Waals surface area (Å²) in [7, 11) is 4.14. The third kappa shape index (κ3) is 13.4. The van der Waals surface area contributed by atoms with Gasteiger partial charge in [0.25, 0.3) is 5.82 Å². The van der Waals surface area contributed by atoms with Crippen LogP contribution in [0.15, 0.2) is 31.1 Å². The van der Waals surface area contributed by atoms with Crippen LogP contribution in [0.2, 0.25) is 0 Å². The normalized spacial score (nSPS) is 10.9. The molecule has 31 heavy (non-hydrogen) atoms. The van der Waals surface area contributed by atoms with E-state index in [0.29, 0.717) is 0 Å². The Balaban J connectivity index is 0.000000500. The summed E-state index contributed by atoms with van der Waals surface area (Å²) in [5.41, 5.74) is 0. The zero-order valence-corrected chi connectivity index (χ0v) is 21.5. The molecule has 0 bridgehead atoms. The van der Waals surface area contributed by atoms with Crippen molar-refractivity contribution in [2.75, 3.05) is 0 Å². The second-order valence-corrected chi connectivity index (χ2v) is 9.16. The Morgan fingerprint density at radius 1 is 0.677 bits per heavy atom. The molecule has 0 saturated carbocycles. The molecule has 0 amide bonds. The standard InChI is InChI=1S/C21H41N2.C6H11N2/c1-4-5-6-7-8-9-10-11-12-13-14-15-16-17-18-23-20-19-22(3)21(23)2;1-3-8-5-4-7(2)6-8/h19-20H,4-18H2,1-3H3;4-6H,3H2,1-2H3/q2*+1. The largest absolute Gasteiger partial charge is 0.253 e. The predicted octanol–water partition coefficient (Wildman–Crippen LogP) is 6.43. The summed E-state index contributed by atoms with van der Waals surface area (Å²) in [5.74, 6) is 1.36. The molecule has 0 radical (unpaired) electrons. The Morgan fingerprint density at radius 2 is 1.19 bits per heavy atom. The van der Waals surface area contributed by atoms with Crippen molar-refractivity contribution in [2.45, 2.75) is 124 Å². The number of aryl methyl sites for hydroxylation is 4. The van der Waals surface area contributed by atoms with Crippen LogP contribution >= 0.6 is 0 Å². The lowest BCUT2D eigenvalue weighted by molar-refractivity contribution is -0.702. The fraction of sp³-hybridized carbons (Fsp3) is 0.778. The van der Waals surface area contributed by atoms with Gasteiger partial charge in [-0.15, -0.1) is 0 Å². The average Bonchev–Trinajstić information content (AvgIpc) is 3.34. The smallest absolute Gasteiger partial charge is 0.240 e. The highest BCUT2D eigenvalue weighted by Crippen LogP contribution is 2.12. The van der Waals surface area contributed by atoms with E-state index in [1.165, 1.54) is 102 Å². The quantitative estimate of drug-likeness (QED) is 0.215. The Hall–Kier alpha value is -1.58. The van der Waals surface area contributed by atoms with E-state index in [1.807, 2.05) is 17.8 Å². The summed E-state index contributed by atoms with van der Waals surface area (Å²) in [4.78, 5) is 0. The van der Waals surface area contributed by atoms with Gasteiger partial charge in [-0.2, -0.15) is 0 Å². The minimum atomic E-state index is 1.06. The molecule has 0 fully saturated rings. The van der Waals surface area contributed by atoms with Gasteiger partial charge < -0.3 is 0 Å². The molecule has 2 aromatic heterocycles. The number of unbranched alkanes of at least 4 members (excludes halogenated alkanes) is 13. The highest BCUT2D eigenvalue weighted by atomic mass is 15.1. The van der Waals surface area contributed by atoms with Crippen LogP contribution in [-0.2, 0) is 27.2 Å². The summed E-state index contributed by atoms with van der Waals surface area (Å²) in [6.07, 6.45) is 30.6. The molecular weight excluding hydrogens is 380 g/mol. The van der Waals surface area contributed by atoms with E-state index in [9.17, 15) is 0 Å². The van der Waals surface area contributed by atoms with Gasteiger partial charge in [-0.1, -0.05) is 84.0 Å². The molecule has 0 unspecified atom stereocenters. The van der Waals surface area contributed by atoms with Crippen LogP contribution in [0, 0.1) is 6.92 Å². The lowest BCUT2D eigenvalue weighted by atomic mass is 10.0. The van der Waals surface area contributed by atoms with Gasteiger partial charge in [-0.3, -0.25) is 0 Å². The Labute approximate surface area is 193 Å². The van der Waals surface area contributed by atoms with Crippen molar-refractivity contribution >= 4 is 0 Å². The Bertz CT molecular complexity index is 656. The lowest BCUT2D eigenvalue weighted by Crippen LogP contribution is -2.35. The lowest BCUT2D eigenvalue weighted by Gasteiger charge is -2.03. The van der Waals surface area contributed by atoms with E-state index in [-0.39, 0.29) is 0 Å². The monoisotopic (exact) mass is 432 g/mol. The number of nitrogens with zero attached hydrogens (tertiary/aromatic N) is 4. The number of imidazole rings is 2. The van der Waals surface area contributed by atoms with Crippen molar-refractivity contribution in [1.29, 1.82) is 0 Å². The minimum Gasteiger partial charge on any atom is -0.240 e. The van der Waals surface area contributed by atoms with Crippen LogP contribution < -0.4 is 9.13 Å². The summed E-state index contributed by atoms with van der Waals surface area (Å²) in [5, 5.41) is 0. The van der Waals surface area contributed by atoms with Crippen molar-refractivity contribution in [2.24, 2.45) is 14.1 Å². The third-order valence-electron chi connectivity index (χ3n) is 6.34. The van der Waals surface area contributed by atoms with E-state index < -0.39 is 0 Å². The predicted molar refractivity (Wildman–Crippen MR) is 132 cm³/mol. The second kappa shape index (κ2) is 18.0. The molecule has 0 aliphatic rings. The van der Waals surface area contributed by atoms with E-state index in [0.717, 1.165) is 6.54 Å². The minimum absolute atomic E-state index is 1.06. The zero-order valence-electron chi connectivity index (χ0n) is 21.5. The molecule has 0 aliphatic heterocycles. The molecule has 2 aromatic rings. The van der Waals surface area contributed by atoms with Gasteiger partial charge in [0.05, 0.1) is 27.2 Å². The Morgan fingerprint density at radius 3 is 1.55 bits per heavy atom. The molecule has 0 spiro atoms. The molecule has 4 nitrogen and oxygen atoms in total. The summed E-state index contributed by atoms with van der Waals surface area (Å²) >= 11 is 0. The molecule has 0 atom stereocenters. The van der Waals surface area contributed by atoms with Gasteiger partial charge in [-0.25, -0.2) is 18.3 Å². The third-order valence-corrected chi connectivity index (χ3v) is 6.34. The van der Waals surface area contributed by atoms with Gasteiger partial charge in [-0.05, 0) is 19.8 Å². The highest BCUT2D eigenvalue weighted by Gasteiger charge is 2.07. The number of hydrogen-bond donors (Lipinski definition) is 0. The van der Waals surface area contributed by atoms with Crippen molar-refractivity contribution in [1.82, 2.24) is 9.13 Å². The maximum Gasteiger partial charge on any atom is 0.253 e. The molecule has 0 saturated heterocycles. The number of aromatic nitrogens is 4. The highest BCUT2D eigenvalue weighted by molar-refractivity contribution is 4.76. The number of rotatable bonds is 16. The van der Waals surface area contributed by atoms with Gasteiger partial charge in [0.1, 0.15) is 24.8 Å². The first-order valence-electron chi connectivity index (χ1n) is 13.1. The fourth-order valence-corrected chi connectivity index (χ4v) is 4.00.